The molecule has 4 aromatic rings. The number of hydrogen-bond acceptors (Lipinski definition) is 8. The van der Waals surface area contributed by atoms with Crippen LogP contribution >= 0.6 is 11.6 Å². The number of rotatable bonds is 4. The molecule has 10 heteroatoms. The third-order valence-electron chi connectivity index (χ3n) is 4.39. The molecule has 29 heavy (non-hydrogen) atoms. The Morgan fingerprint density at radius 3 is 2.79 bits per heavy atom. The molecule has 0 amide bonds. The quantitative estimate of drug-likeness (QED) is 0.469. The van der Waals surface area contributed by atoms with E-state index in [0.717, 1.165) is 22.3 Å². The molecule has 0 aliphatic rings. The van der Waals surface area contributed by atoms with Crippen molar-refractivity contribution in [1.82, 2.24) is 24.7 Å². The van der Waals surface area contributed by atoms with Gasteiger partial charge in [0.2, 0.25) is 5.95 Å². The molecule has 0 fully saturated rings. The van der Waals surface area contributed by atoms with Gasteiger partial charge in [-0.25, -0.2) is 4.68 Å². The Labute approximate surface area is 171 Å². The second kappa shape index (κ2) is 7.26. The Balaban J connectivity index is 1.82. The van der Waals surface area contributed by atoms with Gasteiger partial charge in [0.15, 0.2) is 5.82 Å². The van der Waals surface area contributed by atoms with Crippen LogP contribution in [0.15, 0.2) is 42.7 Å². The third kappa shape index (κ3) is 3.37. The van der Waals surface area contributed by atoms with Crippen molar-refractivity contribution >= 4 is 40.1 Å². The summed E-state index contributed by atoms with van der Waals surface area (Å²) in [4.78, 5) is 12.1. The van der Waals surface area contributed by atoms with E-state index in [4.69, 9.17) is 28.2 Å². The molecule has 3 aromatic heterocycles. The number of aromatic nitrogens is 5. The molecule has 0 unspecified atom stereocenters. The van der Waals surface area contributed by atoms with Gasteiger partial charge in [-0.2, -0.15) is 20.3 Å². The first-order valence-corrected chi connectivity index (χ1v) is 9.04. The lowest BCUT2D eigenvalue weighted by atomic mass is 10.1. The summed E-state index contributed by atoms with van der Waals surface area (Å²) in [6, 6.07) is 11.0. The standard InChI is InChI=1S/C19H16ClN9/c1-10(25-18-14(8-21)17(22)26-19(23)27-18)16-13-5-4-11(20)7-15(13)29(28-16)12-3-2-6-24-9-12/h2-7,9-10H,1H3,(H5,22,23,25,26,27)/t10-/m0/s1. The number of pyridine rings is 1. The number of hydrogen-bond donors (Lipinski definition) is 3. The van der Waals surface area contributed by atoms with Crippen LogP contribution < -0.4 is 16.8 Å². The first-order valence-electron chi connectivity index (χ1n) is 8.66. The summed E-state index contributed by atoms with van der Waals surface area (Å²) in [7, 11) is 0. The van der Waals surface area contributed by atoms with Gasteiger partial charge in [0, 0.05) is 16.6 Å². The van der Waals surface area contributed by atoms with Gasteiger partial charge in [0.1, 0.15) is 17.5 Å². The van der Waals surface area contributed by atoms with Crippen molar-refractivity contribution in [2.24, 2.45) is 0 Å². The van der Waals surface area contributed by atoms with E-state index >= 15 is 0 Å². The smallest absolute Gasteiger partial charge is 0.224 e. The molecule has 0 saturated carbocycles. The number of nitrogens with one attached hydrogen (secondary N) is 1. The van der Waals surface area contributed by atoms with Gasteiger partial charge in [0.05, 0.1) is 29.1 Å². The van der Waals surface area contributed by atoms with Gasteiger partial charge in [-0.15, -0.1) is 0 Å². The average Bonchev–Trinajstić information content (AvgIpc) is 3.07. The minimum Gasteiger partial charge on any atom is -0.382 e. The maximum absolute atomic E-state index is 9.40. The lowest BCUT2D eigenvalue weighted by molar-refractivity contribution is 0.783. The van der Waals surface area contributed by atoms with Crippen molar-refractivity contribution in [2.75, 3.05) is 16.8 Å². The van der Waals surface area contributed by atoms with Crippen molar-refractivity contribution in [3.8, 4) is 11.8 Å². The zero-order valence-corrected chi connectivity index (χ0v) is 16.1. The van der Waals surface area contributed by atoms with Crippen LogP contribution in [-0.4, -0.2) is 24.7 Å². The number of halogens is 1. The van der Waals surface area contributed by atoms with E-state index in [9.17, 15) is 5.26 Å². The summed E-state index contributed by atoms with van der Waals surface area (Å²) in [5, 5.41) is 18.8. The Morgan fingerprint density at radius 2 is 2.07 bits per heavy atom. The molecular formula is C19H16ClN9. The lowest BCUT2D eigenvalue weighted by Crippen LogP contribution is -2.14. The number of nitriles is 1. The fourth-order valence-corrected chi connectivity index (χ4v) is 3.26. The number of nitrogens with two attached hydrogens (primary N) is 2. The molecule has 3 heterocycles. The molecule has 1 atom stereocenters. The number of nitrogens with zero attached hydrogens (tertiary/aromatic N) is 6. The fraction of sp³-hybridized carbons (Fsp3) is 0.105. The molecule has 0 radical (unpaired) electrons. The van der Waals surface area contributed by atoms with Crippen LogP contribution in [0, 0.1) is 11.3 Å². The minimum atomic E-state index is -0.322. The molecule has 144 valence electrons. The van der Waals surface area contributed by atoms with Gasteiger partial charge in [-0.3, -0.25) is 4.98 Å². The normalized spacial score (nSPS) is 11.9. The van der Waals surface area contributed by atoms with E-state index in [1.165, 1.54) is 0 Å². The zero-order chi connectivity index (χ0) is 20.5. The van der Waals surface area contributed by atoms with E-state index in [1.54, 1.807) is 23.1 Å². The molecular weight excluding hydrogens is 390 g/mol. The third-order valence-corrected chi connectivity index (χ3v) is 4.63. The molecule has 0 aliphatic heterocycles. The van der Waals surface area contributed by atoms with Crippen molar-refractivity contribution in [3.05, 3.63) is 59.0 Å². The van der Waals surface area contributed by atoms with Gasteiger partial charge >= 0.3 is 0 Å². The monoisotopic (exact) mass is 405 g/mol. The maximum Gasteiger partial charge on any atom is 0.224 e. The predicted octanol–water partition coefficient (Wildman–Crippen LogP) is 3.07. The highest BCUT2D eigenvalue weighted by atomic mass is 35.5. The summed E-state index contributed by atoms with van der Waals surface area (Å²) >= 11 is 6.22. The summed E-state index contributed by atoms with van der Waals surface area (Å²) < 4.78 is 1.77. The van der Waals surface area contributed by atoms with Crippen LogP contribution in [0.1, 0.15) is 24.2 Å². The van der Waals surface area contributed by atoms with Crippen molar-refractivity contribution in [3.63, 3.8) is 0 Å². The lowest BCUT2D eigenvalue weighted by Gasteiger charge is -2.15. The van der Waals surface area contributed by atoms with Gasteiger partial charge < -0.3 is 16.8 Å². The first kappa shape index (κ1) is 18.5. The van der Waals surface area contributed by atoms with Gasteiger partial charge in [-0.1, -0.05) is 11.6 Å². The Morgan fingerprint density at radius 1 is 1.24 bits per heavy atom. The predicted molar refractivity (Wildman–Crippen MR) is 111 cm³/mol. The van der Waals surface area contributed by atoms with Crippen molar-refractivity contribution in [2.45, 2.75) is 13.0 Å². The van der Waals surface area contributed by atoms with Crippen LogP contribution in [0.4, 0.5) is 17.6 Å². The summed E-state index contributed by atoms with van der Waals surface area (Å²) in [5.41, 5.74) is 14.0. The molecule has 0 spiro atoms. The number of anilines is 3. The second-order valence-electron chi connectivity index (χ2n) is 6.34. The molecule has 0 aliphatic carbocycles. The zero-order valence-electron chi connectivity index (χ0n) is 15.3. The Kier molecular flexibility index (Phi) is 4.62. The molecule has 5 N–H and O–H groups in total. The van der Waals surface area contributed by atoms with Crippen LogP contribution in [-0.2, 0) is 0 Å². The Hall–Kier alpha value is -3.90. The summed E-state index contributed by atoms with van der Waals surface area (Å²) in [6.07, 6.45) is 3.41. The molecule has 4 rings (SSSR count). The largest absolute Gasteiger partial charge is 0.382 e. The van der Waals surface area contributed by atoms with E-state index in [1.807, 2.05) is 37.3 Å². The van der Waals surface area contributed by atoms with Crippen LogP contribution in [0.2, 0.25) is 5.02 Å². The first-order chi connectivity index (χ1) is 14.0. The molecule has 1 aromatic carbocycles. The second-order valence-corrected chi connectivity index (χ2v) is 6.77. The van der Waals surface area contributed by atoms with E-state index in [2.05, 4.69) is 20.3 Å². The van der Waals surface area contributed by atoms with Crippen molar-refractivity contribution in [1.29, 1.82) is 5.26 Å². The van der Waals surface area contributed by atoms with Crippen LogP contribution in [0.5, 0.6) is 0 Å². The fourth-order valence-electron chi connectivity index (χ4n) is 3.09. The summed E-state index contributed by atoms with van der Waals surface area (Å²) in [6.45, 7) is 1.90. The number of nitrogen functional groups attached to an aromatic ring is 2. The number of fused-ring (bicyclic) bond motifs is 1. The van der Waals surface area contributed by atoms with Crippen LogP contribution in [0.3, 0.4) is 0 Å². The van der Waals surface area contributed by atoms with E-state index in [-0.39, 0.29) is 29.2 Å². The SMILES string of the molecule is C[C@H](Nc1nc(N)nc(N)c1C#N)c1nn(-c2cccnc2)c2cc(Cl)ccc12. The van der Waals surface area contributed by atoms with Crippen molar-refractivity contribution < 1.29 is 0 Å². The average molecular weight is 406 g/mol. The molecule has 0 bridgehead atoms. The minimum absolute atomic E-state index is 0.0197. The maximum atomic E-state index is 9.40. The molecule has 9 nitrogen and oxygen atoms in total. The highest BCUT2D eigenvalue weighted by Gasteiger charge is 2.20. The summed E-state index contributed by atoms with van der Waals surface area (Å²) in [5.74, 6) is 0.254. The highest BCUT2D eigenvalue weighted by molar-refractivity contribution is 6.31. The van der Waals surface area contributed by atoms with E-state index < -0.39 is 0 Å². The van der Waals surface area contributed by atoms with Gasteiger partial charge in [0.25, 0.3) is 0 Å². The number of benzene rings is 1. The van der Waals surface area contributed by atoms with E-state index in [0.29, 0.717) is 5.02 Å². The highest BCUT2D eigenvalue weighted by Crippen LogP contribution is 2.31. The topological polar surface area (TPSA) is 144 Å². The van der Waals surface area contributed by atoms with Crippen LogP contribution in [0.25, 0.3) is 16.6 Å². The molecule has 0 saturated heterocycles. The Bertz CT molecular complexity index is 1240. The van der Waals surface area contributed by atoms with Gasteiger partial charge in [-0.05, 0) is 37.3 Å².